The van der Waals surface area contributed by atoms with Crippen LogP contribution in [-0.2, 0) is 9.59 Å². The van der Waals surface area contributed by atoms with Crippen LogP contribution in [0.3, 0.4) is 0 Å². The first kappa shape index (κ1) is 20.0. The van der Waals surface area contributed by atoms with Gasteiger partial charge in [0.1, 0.15) is 5.25 Å². The standard InChI is InChI=1S/C18H14Cl3N3O2S/c1-9-6-10(19)2-4-13(9)23-18-24-17(26)15(27-18)8-16(25)22-14-5-3-11(20)7-12(14)21/h2-7,15H,8H2,1H3,(H,22,25)(H,23,24,26)/t15-/m1/s1. The first-order valence-corrected chi connectivity index (χ1v) is 9.90. The van der Waals surface area contributed by atoms with Crippen LogP contribution in [0.25, 0.3) is 0 Å². The Morgan fingerprint density at radius 1 is 1.19 bits per heavy atom. The van der Waals surface area contributed by atoms with Gasteiger partial charge in [0.05, 0.1) is 16.4 Å². The van der Waals surface area contributed by atoms with E-state index >= 15 is 0 Å². The molecule has 140 valence electrons. The summed E-state index contributed by atoms with van der Waals surface area (Å²) in [6.45, 7) is 1.88. The Balaban J connectivity index is 1.65. The Kier molecular flexibility index (Phi) is 6.32. The molecule has 0 unspecified atom stereocenters. The molecule has 2 aromatic carbocycles. The summed E-state index contributed by atoms with van der Waals surface area (Å²) in [5.41, 5.74) is 2.05. The van der Waals surface area contributed by atoms with Crippen LogP contribution in [0.5, 0.6) is 0 Å². The quantitative estimate of drug-likeness (QED) is 0.683. The van der Waals surface area contributed by atoms with Crippen LogP contribution in [0.2, 0.25) is 15.1 Å². The van der Waals surface area contributed by atoms with E-state index < -0.39 is 5.25 Å². The normalized spacial score (nSPS) is 17.9. The molecule has 1 aliphatic heterocycles. The van der Waals surface area contributed by atoms with Crippen molar-refractivity contribution in [2.75, 3.05) is 5.32 Å². The Morgan fingerprint density at radius 2 is 1.89 bits per heavy atom. The molecule has 1 atom stereocenters. The van der Waals surface area contributed by atoms with E-state index in [1.54, 1.807) is 30.3 Å². The fourth-order valence-electron chi connectivity index (χ4n) is 2.41. The van der Waals surface area contributed by atoms with Crippen LogP contribution in [0.1, 0.15) is 12.0 Å². The Bertz CT molecular complexity index is 949. The van der Waals surface area contributed by atoms with E-state index in [-0.39, 0.29) is 18.2 Å². The topological polar surface area (TPSA) is 70.6 Å². The highest BCUT2D eigenvalue weighted by atomic mass is 35.5. The number of carbonyl (C=O) groups excluding carboxylic acids is 2. The van der Waals surface area contributed by atoms with E-state index in [1.807, 2.05) is 6.92 Å². The lowest BCUT2D eigenvalue weighted by Gasteiger charge is -2.09. The summed E-state index contributed by atoms with van der Waals surface area (Å²) in [6.07, 6.45) is -0.00588. The van der Waals surface area contributed by atoms with Crippen molar-refractivity contribution in [1.29, 1.82) is 0 Å². The molecule has 1 fully saturated rings. The van der Waals surface area contributed by atoms with Crippen LogP contribution >= 0.6 is 46.6 Å². The highest BCUT2D eigenvalue weighted by molar-refractivity contribution is 8.15. The Hall–Kier alpha value is -1.73. The second-order valence-electron chi connectivity index (χ2n) is 5.82. The number of rotatable bonds is 4. The minimum Gasteiger partial charge on any atom is -0.325 e. The van der Waals surface area contributed by atoms with Gasteiger partial charge >= 0.3 is 0 Å². The number of aryl methyl sites for hydroxylation is 1. The maximum absolute atomic E-state index is 12.3. The van der Waals surface area contributed by atoms with Crippen molar-refractivity contribution in [1.82, 2.24) is 5.32 Å². The molecule has 27 heavy (non-hydrogen) atoms. The SMILES string of the molecule is Cc1cc(Cl)ccc1N=C1NC(=O)[C@@H](CC(=O)Nc2ccc(Cl)cc2Cl)S1. The molecule has 0 bridgehead atoms. The van der Waals surface area contributed by atoms with E-state index in [2.05, 4.69) is 15.6 Å². The molecule has 3 rings (SSSR count). The maximum Gasteiger partial charge on any atom is 0.240 e. The van der Waals surface area contributed by atoms with Crippen LogP contribution in [0.4, 0.5) is 11.4 Å². The predicted molar refractivity (Wildman–Crippen MR) is 113 cm³/mol. The van der Waals surface area contributed by atoms with E-state index in [1.165, 1.54) is 17.8 Å². The molecule has 0 saturated carbocycles. The minimum atomic E-state index is -0.567. The highest BCUT2D eigenvalue weighted by Crippen LogP contribution is 2.29. The maximum atomic E-state index is 12.3. The van der Waals surface area contributed by atoms with Crippen LogP contribution in [0, 0.1) is 6.92 Å². The molecule has 0 aromatic heterocycles. The van der Waals surface area contributed by atoms with Crippen molar-refractivity contribution in [2.24, 2.45) is 4.99 Å². The second kappa shape index (κ2) is 8.52. The predicted octanol–water partition coefficient (Wildman–Crippen LogP) is 5.20. The number of nitrogens with one attached hydrogen (secondary N) is 2. The number of hydrogen-bond donors (Lipinski definition) is 2. The molecule has 0 aliphatic carbocycles. The third-order valence-corrected chi connectivity index (χ3v) is 5.60. The molecule has 0 spiro atoms. The summed E-state index contributed by atoms with van der Waals surface area (Å²) >= 11 is 19.0. The number of aliphatic imine (C=N–C) groups is 1. The highest BCUT2D eigenvalue weighted by Gasteiger charge is 2.32. The van der Waals surface area contributed by atoms with E-state index in [9.17, 15) is 9.59 Å². The average Bonchev–Trinajstić information content (AvgIpc) is 2.92. The zero-order chi connectivity index (χ0) is 19.6. The zero-order valence-electron chi connectivity index (χ0n) is 14.1. The number of nitrogens with zero attached hydrogens (tertiary/aromatic N) is 1. The van der Waals surface area contributed by atoms with Crippen LogP contribution in [0.15, 0.2) is 41.4 Å². The fraction of sp³-hybridized carbons (Fsp3) is 0.167. The molecule has 0 radical (unpaired) electrons. The summed E-state index contributed by atoms with van der Waals surface area (Å²) in [4.78, 5) is 28.8. The molecule has 1 aliphatic rings. The van der Waals surface area contributed by atoms with Gasteiger partial charge in [-0.05, 0) is 48.9 Å². The third kappa shape index (κ3) is 5.17. The van der Waals surface area contributed by atoms with Crippen molar-refractivity contribution in [3.63, 3.8) is 0 Å². The Morgan fingerprint density at radius 3 is 2.59 bits per heavy atom. The van der Waals surface area contributed by atoms with Gasteiger partial charge in [-0.3, -0.25) is 9.59 Å². The third-order valence-electron chi connectivity index (χ3n) is 3.73. The lowest BCUT2D eigenvalue weighted by Crippen LogP contribution is -2.28. The number of amidine groups is 1. The van der Waals surface area contributed by atoms with Gasteiger partial charge in [0.25, 0.3) is 0 Å². The Labute approximate surface area is 175 Å². The van der Waals surface area contributed by atoms with Gasteiger partial charge in [-0.1, -0.05) is 46.6 Å². The van der Waals surface area contributed by atoms with Gasteiger partial charge in [0, 0.05) is 16.5 Å². The monoisotopic (exact) mass is 441 g/mol. The number of halogens is 3. The summed E-state index contributed by atoms with van der Waals surface area (Å²) in [5, 5.41) is 6.70. The zero-order valence-corrected chi connectivity index (χ0v) is 17.1. The van der Waals surface area contributed by atoms with E-state index in [0.29, 0.717) is 31.6 Å². The molecule has 1 saturated heterocycles. The van der Waals surface area contributed by atoms with Crippen LogP contribution < -0.4 is 10.6 Å². The number of thioether (sulfide) groups is 1. The molecular formula is C18H14Cl3N3O2S. The number of hydrogen-bond acceptors (Lipinski definition) is 4. The second-order valence-corrected chi connectivity index (χ2v) is 8.29. The summed E-state index contributed by atoms with van der Waals surface area (Å²) in [7, 11) is 0. The smallest absolute Gasteiger partial charge is 0.240 e. The molecule has 5 nitrogen and oxygen atoms in total. The average molecular weight is 443 g/mol. The molecule has 1 heterocycles. The summed E-state index contributed by atoms with van der Waals surface area (Å²) in [5.74, 6) is -0.585. The van der Waals surface area contributed by atoms with Crippen molar-refractivity contribution in [3.05, 3.63) is 57.0 Å². The molecule has 2 aromatic rings. The summed E-state index contributed by atoms with van der Waals surface area (Å²) < 4.78 is 0. The summed E-state index contributed by atoms with van der Waals surface area (Å²) in [6, 6.07) is 10.1. The van der Waals surface area contributed by atoms with Crippen molar-refractivity contribution >= 4 is 74.9 Å². The van der Waals surface area contributed by atoms with Gasteiger partial charge in [-0.15, -0.1) is 0 Å². The number of benzene rings is 2. The molecule has 9 heteroatoms. The lowest BCUT2D eigenvalue weighted by atomic mass is 10.2. The number of amides is 2. The van der Waals surface area contributed by atoms with E-state index in [0.717, 1.165) is 5.56 Å². The first-order valence-electron chi connectivity index (χ1n) is 7.89. The van der Waals surface area contributed by atoms with Crippen LogP contribution in [-0.4, -0.2) is 22.2 Å². The first-order chi connectivity index (χ1) is 12.8. The fourth-order valence-corrected chi connectivity index (χ4v) is 4.07. The molecular weight excluding hydrogens is 429 g/mol. The minimum absolute atomic E-state index is 0.00588. The van der Waals surface area contributed by atoms with Gasteiger partial charge in [-0.2, -0.15) is 0 Å². The number of carbonyl (C=O) groups is 2. The van der Waals surface area contributed by atoms with E-state index in [4.69, 9.17) is 34.8 Å². The van der Waals surface area contributed by atoms with Crippen molar-refractivity contribution < 1.29 is 9.59 Å². The lowest BCUT2D eigenvalue weighted by molar-refractivity contribution is -0.122. The largest absolute Gasteiger partial charge is 0.325 e. The van der Waals surface area contributed by atoms with Gasteiger partial charge in [0.2, 0.25) is 11.8 Å². The molecule has 2 N–H and O–H groups in total. The van der Waals surface area contributed by atoms with Gasteiger partial charge in [0.15, 0.2) is 5.17 Å². The van der Waals surface area contributed by atoms with Gasteiger partial charge < -0.3 is 10.6 Å². The van der Waals surface area contributed by atoms with Crippen molar-refractivity contribution in [2.45, 2.75) is 18.6 Å². The number of anilines is 1. The molecule has 2 amide bonds. The van der Waals surface area contributed by atoms with Crippen molar-refractivity contribution in [3.8, 4) is 0 Å². The van der Waals surface area contributed by atoms with Gasteiger partial charge in [-0.25, -0.2) is 4.99 Å².